The molecule has 2 saturated heterocycles. The summed E-state index contributed by atoms with van der Waals surface area (Å²) in [5, 5.41) is 6.37. The molecule has 2 aliphatic rings. The molecule has 0 saturated carbocycles. The molecule has 3 atom stereocenters. The van der Waals surface area contributed by atoms with E-state index in [0.717, 1.165) is 31.7 Å². The van der Waals surface area contributed by atoms with Gasteiger partial charge in [0.2, 0.25) is 5.91 Å². The number of fused-ring (bicyclic) bond motifs is 2. The lowest BCUT2D eigenvalue weighted by Gasteiger charge is -2.34. The first kappa shape index (κ1) is 18.1. The monoisotopic (exact) mass is 356 g/mol. The molecule has 0 spiro atoms. The van der Waals surface area contributed by atoms with Gasteiger partial charge in [0.25, 0.3) is 0 Å². The van der Waals surface area contributed by atoms with E-state index in [-0.39, 0.29) is 36.4 Å². The van der Waals surface area contributed by atoms with Gasteiger partial charge in [-0.2, -0.15) is 13.2 Å². The Labute approximate surface area is 144 Å². The molecule has 2 N–H and O–H groups in total. The van der Waals surface area contributed by atoms with Gasteiger partial charge in [-0.05, 0) is 38.7 Å². The largest absolute Gasteiger partial charge is 0.433 e. The van der Waals surface area contributed by atoms with Gasteiger partial charge in [0.05, 0.1) is 5.41 Å². The molecule has 0 aliphatic carbocycles. The van der Waals surface area contributed by atoms with Gasteiger partial charge in [0.1, 0.15) is 11.5 Å². The minimum Gasteiger partial charge on any atom is -0.355 e. The number of aromatic nitrogens is 2. The number of nitrogens with one attached hydrogen (secondary N) is 2. The lowest BCUT2D eigenvalue weighted by molar-refractivity contribution is -0.141. The maximum Gasteiger partial charge on any atom is 0.433 e. The highest BCUT2D eigenvalue weighted by atomic mass is 19.4. The fourth-order valence-corrected chi connectivity index (χ4v) is 4.15. The van der Waals surface area contributed by atoms with Crippen LogP contribution in [0.4, 0.5) is 13.2 Å². The van der Waals surface area contributed by atoms with Crippen LogP contribution in [0.2, 0.25) is 0 Å². The van der Waals surface area contributed by atoms with Crippen LogP contribution in [0, 0.1) is 12.3 Å². The SMILES string of the molecule is CC[C@@]1(C(=O)NCCc2nc(C)cc(C(F)(F)F)n2)C[C@@H]2CC[C@H]1N2. The molecule has 2 bridgehead atoms. The van der Waals surface area contributed by atoms with Crippen molar-refractivity contribution in [3.8, 4) is 0 Å². The Morgan fingerprint density at radius 3 is 2.72 bits per heavy atom. The van der Waals surface area contributed by atoms with E-state index in [9.17, 15) is 18.0 Å². The summed E-state index contributed by atoms with van der Waals surface area (Å²) in [4.78, 5) is 20.3. The summed E-state index contributed by atoms with van der Waals surface area (Å²) in [7, 11) is 0. The maximum atomic E-state index is 12.8. The van der Waals surface area contributed by atoms with Crippen molar-refractivity contribution in [1.29, 1.82) is 0 Å². The third-order valence-electron chi connectivity index (χ3n) is 5.43. The van der Waals surface area contributed by atoms with Crippen LogP contribution >= 0.6 is 0 Å². The highest BCUT2D eigenvalue weighted by molar-refractivity contribution is 5.84. The standard InChI is InChI=1S/C17H23F3N4O/c1-3-16(9-11-4-5-12(16)23-11)15(25)21-7-6-14-22-10(2)8-13(24-14)17(18,19)20/h8,11-12,23H,3-7,9H2,1-2H3,(H,21,25)/t11-,12+,16+/m0/s1. The van der Waals surface area contributed by atoms with Crippen molar-refractivity contribution >= 4 is 5.91 Å². The number of hydrogen-bond acceptors (Lipinski definition) is 4. The van der Waals surface area contributed by atoms with Gasteiger partial charge in [0.15, 0.2) is 0 Å². The van der Waals surface area contributed by atoms with Crippen LogP contribution < -0.4 is 10.6 Å². The van der Waals surface area contributed by atoms with Crippen LogP contribution in [0.3, 0.4) is 0 Å². The minimum atomic E-state index is -4.49. The Balaban J connectivity index is 1.61. The molecule has 2 fully saturated rings. The van der Waals surface area contributed by atoms with Crippen LogP contribution in [-0.4, -0.2) is 34.5 Å². The van der Waals surface area contributed by atoms with Crippen LogP contribution in [-0.2, 0) is 17.4 Å². The first-order valence-corrected chi connectivity index (χ1v) is 8.70. The predicted molar refractivity (Wildman–Crippen MR) is 85.8 cm³/mol. The van der Waals surface area contributed by atoms with Gasteiger partial charge in [-0.25, -0.2) is 9.97 Å². The Hall–Kier alpha value is -1.70. The highest BCUT2D eigenvalue weighted by Gasteiger charge is 2.54. The van der Waals surface area contributed by atoms with Crippen molar-refractivity contribution in [3.63, 3.8) is 0 Å². The van der Waals surface area contributed by atoms with Crippen molar-refractivity contribution in [2.24, 2.45) is 5.41 Å². The zero-order valence-electron chi connectivity index (χ0n) is 14.4. The topological polar surface area (TPSA) is 66.9 Å². The Morgan fingerprint density at radius 1 is 1.40 bits per heavy atom. The summed E-state index contributed by atoms with van der Waals surface area (Å²) in [6.45, 7) is 3.76. The normalized spacial score (nSPS) is 28.4. The Bertz CT molecular complexity index is 664. The molecule has 3 heterocycles. The lowest BCUT2D eigenvalue weighted by atomic mass is 9.71. The molecule has 2 aliphatic heterocycles. The Kier molecular flexibility index (Phi) is 4.74. The number of alkyl halides is 3. The quantitative estimate of drug-likeness (QED) is 0.850. The van der Waals surface area contributed by atoms with Crippen molar-refractivity contribution in [2.45, 2.75) is 64.2 Å². The number of carbonyl (C=O) groups is 1. The zero-order valence-corrected chi connectivity index (χ0v) is 14.4. The second-order valence-electron chi connectivity index (χ2n) is 7.02. The summed E-state index contributed by atoms with van der Waals surface area (Å²) < 4.78 is 38.5. The number of nitrogens with zero attached hydrogens (tertiary/aromatic N) is 2. The number of hydrogen-bond donors (Lipinski definition) is 2. The number of amides is 1. The molecule has 1 aromatic rings. The molecule has 3 rings (SSSR count). The number of aryl methyl sites for hydroxylation is 1. The molecular formula is C17H23F3N4O. The second-order valence-corrected chi connectivity index (χ2v) is 7.02. The summed E-state index contributed by atoms with van der Waals surface area (Å²) in [5.74, 6) is 0.0858. The summed E-state index contributed by atoms with van der Waals surface area (Å²) in [6, 6.07) is 1.54. The van der Waals surface area contributed by atoms with Crippen molar-refractivity contribution in [3.05, 3.63) is 23.3 Å². The van der Waals surface area contributed by atoms with Gasteiger partial charge in [-0.1, -0.05) is 6.92 Å². The van der Waals surface area contributed by atoms with Crippen molar-refractivity contribution < 1.29 is 18.0 Å². The minimum absolute atomic E-state index is 0.0154. The molecule has 0 unspecified atom stereocenters. The summed E-state index contributed by atoms with van der Waals surface area (Å²) in [6.07, 6.45) is -0.616. The van der Waals surface area contributed by atoms with E-state index in [4.69, 9.17) is 0 Å². The van der Waals surface area contributed by atoms with Crippen LogP contribution in [0.1, 0.15) is 49.8 Å². The van der Waals surface area contributed by atoms with Crippen molar-refractivity contribution in [2.75, 3.05) is 6.54 Å². The summed E-state index contributed by atoms with van der Waals surface area (Å²) >= 11 is 0. The number of rotatable bonds is 5. The van der Waals surface area contributed by atoms with E-state index in [1.807, 2.05) is 6.92 Å². The van der Waals surface area contributed by atoms with Crippen LogP contribution in [0.15, 0.2) is 6.07 Å². The predicted octanol–water partition coefficient (Wildman–Crippen LogP) is 2.38. The van der Waals surface area contributed by atoms with E-state index in [2.05, 4.69) is 20.6 Å². The number of halogens is 3. The fourth-order valence-electron chi connectivity index (χ4n) is 4.15. The summed E-state index contributed by atoms with van der Waals surface area (Å²) in [5.41, 5.74) is -1.07. The molecular weight excluding hydrogens is 333 g/mol. The molecule has 1 amide bonds. The molecule has 138 valence electrons. The van der Waals surface area contributed by atoms with Gasteiger partial charge < -0.3 is 10.6 Å². The molecule has 0 radical (unpaired) electrons. The molecule has 5 nitrogen and oxygen atoms in total. The fraction of sp³-hybridized carbons (Fsp3) is 0.706. The van der Waals surface area contributed by atoms with Gasteiger partial charge >= 0.3 is 6.18 Å². The van der Waals surface area contributed by atoms with Gasteiger partial charge in [-0.15, -0.1) is 0 Å². The molecule has 8 heteroatoms. The smallest absolute Gasteiger partial charge is 0.355 e. The maximum absolute atomic E-state index is 12.8. The molecule has 25 heavy (non-hydrogen) atoms. The lowest BCUT2D eigenvalue weighted by Crippen LogP contribution is -2.48. The molecule has 0 aromatic carbocycles. The van der Waals surface area contributed by atoms with E-state index >= 15 is 0 Å². The first-order valence-electron chi connectivity index (χ1n) is 8.70. The van der Waals surface area contributed by atoms with E-state index in [1.165, 1.54) is 6.92 Å². The van der Waals surface area contributed by atoms with Gasteiger partial charge in [0, 0.05) is 30.7 Å². The molecule has 1 aromatic heterocycles. The average Bonchev–Trinajstić information content (AvgIpc) is 3.14. The third-order valence-corrected chi connectivity index (χ3v) is 5.43. The van der Waals surface area contributed by atoms with E-state index < -0.39 is 17.3 Å². The third kappa shape index (κ3) is 3.49. The Morgan fingerprint density at radius 2 is 2.16 bits per heavy atom. The number of carbonyl (C=O) groups excluding carboxylic acids is 1. The second kappa shape index (κ2) is 6.55. The van der Waals surface area contributed by atoms with E-state index in [1.54, 1.807) is 0 Å². The van der Waals surface area contributed by atoms with Gasteiger partial charge in [-0.3, -0.25) is 4.79 Å². The van der Waals surface area contributed by atoms with Crippen LogP contribution in [0.5, 0.6) is 0 Å². The van der Waals surface area contributed by atoms with E-state index in [0.29, 0.717) is 6.04 Å². The van der Waals surface area contributed by atoms with Crippen molar-refractivity contribution in [1.82, 2.24) is 20.6 Å². The first-order chi connectivity index (χ1) is 11.7. The average molecular weight is 356 g/mol. The zero-order chi connectivity index (χ0) is 18.2. The van der Waals surface area contributed by atoms with Crippen LogP contribution in [0.25, 0.3) is 0 Å². The highest BCUT2D eigenvalue weighted by Crippen LogP contribution is 2.45.